The van der Waals surface area contributed by atoms with Gasteiger partial charge in [-0.25, -0.2) is 4.98 Å². The summed E-state index contributed by atoms with van der Waals surface area (Å²) in [5.41, 5.74) is 0. The molecular weight excluding hydrogens is 135 g/mol. The summed E-state index contributed by atoms with van der Waals surface area (Å²) in [6, 6.07) is 0. The second kappa shape index (κ2) is 2.88. The van der Waals surface area contributed by atoms with E-state index in [1.807, 2.05) is 0 Å². The molecule has 1 aromatic rings. The van der Waals surface area contributed by atoms with E-state index >= 15 is 0 Å². The Labute approximate surface area is 52.3 Å². The van der Waals surface area contributed by atoms with Gasteiger partial charge in [0.05, 0.1) is 12.5 Å². The summed E-state index contributed by atoms with van der Waals surface area (Å²) >= 11 is 5.34. The Bertz CT molecular complexity index is 114. The number of nitrogens with one attached hydrogen (secondary N) is 1. The van der Waals surface area contributed by atoms with Crippen LogP contribution in [0.5, 0.6) is 0 Å². The van der Waals surface area contributed by atoms with Gasteiger partial charge in [-0.15, -0.1) is 12.4 Å². The second-order valence-corrected chi connectivity index (χ2v) is 1.31. The molecule has 1 rings (SSSR count). The molecule has 0 spiro atoms. The molecule has 0 bridgehead atoms. The molecule has 1 N–H and O–H groups in total. The van der Waals surface area contributed by atoms with Gasteiger partial charge in [0.15, 0.2) is 0 Å². The molecule has 0 unspecified atom stereocenters. The molecule has 0 fully saturated rings. The van der Waals surface area contributed by atoms with Crippen molar-refractivity contribution in [2.24, 2.45) is 0 Å². The van der Waals surface area contributed by atoms with Crippen molar-refractivity contribution in [3.05, 3.63) is 17.7 Å². The number of hydrogen-bond donors (Lipinski definition) is 1. The minimum Gasteiger partial charge on any atom is -0.336 e. The summed E-state index contributed by atoms with van der Waals surface area (Å²) in [6.45, 7) is 0. The predicted molar refractivity (Wildman–Crippen MR) is 30.8 cm³/mol. The van der Waals surface area contributed by atoms with Crippen molar-refractivity contribution in [2.75, 3.05) is 0 Å². The van der Waals surface area contributed by atoms with Crippen LogP contribution in [-0.4, -0.2) is 9.97 Å². The molecule has 1 heterocycles. The van der Waals surface area contributed by atoms with Crippen molar-refractivity contribution in [3.8, 4) is 0 Å². The smallest absolute Gasteiger partial charge is 0.125 e. The van der Waals surface area contributed by atoms with Crippen molar-refractivity contribution in [3.63, 3.8) is 0 Å². The third-order valence-corrected chi connectivity index (χ3v) is 0.672. The van der Waals surface area contributed by atoms with E-state index in [1.54, 1.807) is 6.20 Å². The van der Waals surface area contributed by atoms with Crippen LogP contribution in [-0.2, 0) is 0 Å². The minimum absolute atomic E-state index is 0. The van der Waals surface area contributed by atoms with Crippen molar-refractivity contribution < 1.29 is 0 Å². The van der Waals surface area contributed by atoms with Crippen LogP contribution < -0.4 is 0 Å². The van der Waals surface area contributed by atoms with Gasteiger partial charge in [-0.2, -0.15) is 0 Å². The Morgan fingerprint density at radius 2 is 2.43 bits per heavy atom. The normalized spacial score (nSPS) is 7.57. The average molecular weight is 139 g/mol. The summed E-state index contributed by atoms with van der Waals surface area (Å²) in [5, 5.41) is 0.579. The Kier molecular flexibility index (Phi) is 2.79. The van der Waals surface area contributed by atoms with Crippen LogP contribution in [0.4, 0.5) is 0 Å². The molecule has 0 saturated carbocycles. The topological polar surface area (TPSA) is 28.7 Å². The van der Waals surface area contributed by atoms with Crippen LogP contribution in [0.15, 0.2) is 12.5 Å². The SMILES string of the molecule is Cl.Clc1cnc[nH]1. The summed E-state index contributed by atoms with van der Waals surface area (Å²) in [5.74, 6) is 0. The fourth-order valence-corrected chi connectivity index (χ4v) is 0.344. The number of rotatable bonds is 0. The molecule has 0 aliphatic heterocycles. The summed E-state index contributed by atoms with van der Waals surface area (Å²) in [7, 11) is 0. The first-order chi connectivity index (χ1) is 2.89. The van der Waals surface area contributed by atoms with Gasteiger partial charge in [-0.1, -0.05) is 11.6 Å². The van der Waals surface area contributed by atoms with Crippen LogP contribution in [0.2, 0.25) is 5.15 Å². The second-order valence-electron chi connectivity index (χ2n) is 0.900. The predicted octanol–water partition coefficient (Wildman–Crippen LogP) is 1.48. The fourth-order valence-electron chi connectivity index (χ4n) is 0.239. The molecule has 2 nitrogen and oxygen atoms in total. The van der Waals surface area contributed by atoms with E-state index in [1.165, 1.54) is 6.33 Å². The van der Waals surface area contributed by atoms with E-state index < -0.39 is 0 Å². The first-order valence-corrected chi connectivity index (χ1v) is 1.91. The first-order valence-electron chi connectivity index (χ1n) is 1.53. The largest absolute Gasteiger partial charge is 0.336 e. The van der Waals surface area contributed by atoms with Crippen LogP contribution in [0, 0.1) is 0 Å². The zero-order valence-electron chi connectivity index (χ0n) is 3.39. The van der Waals surface area contributed by atoms with Gasteiger partial charge in [-0.3, -0.25) is 0 Å². The molecular formula is C3H4Cl2N2. The highest BCUT2D eigenvalue weighted by Crippen LogP contribution is 1.95. The van der Waals surface area contributed by atoms with E-state index in [2.05, 4.69) is 9.97 Å². The number of aromatic amines is 1. The third kappa shape index (κ3) is 1.80. The van der Waals surface area contributed by atoms with E-state index in [9.17, 15) is 0 Å². The van der Waals surface area contributed by atoms with E-state index in [0.717, 1.165) is 0 Å². The lowest BCUT2D eigenvalue weighted by atomic mass is 11.0. The van der Waals surface area contributed by atoms with E-state index in [-0.39, 0.29) is 12.4 Å². The van der Waals surface area contributed by atoms with Gasteiger partial charge in [0.1, 0.15) is 5.15 Å². The fraction of sp³-hybridized carbons (Fsp3) is 0. The minimum atomic E-state index is 0. The van der Waals surface area contributed by atoms with Gasteiger partial charge in [0.2, 0.25) is 0 Å². The Morgan fingerprint density at radius 1 is 1.71 bits per heavy atom. The van der Waals surface area contributed by atoms with Gasteiger partial charge >= 0.3 is 0 Å². The molecule has 7 heavy (non-hydrogen) atoms. The number of imidazole rings is 1. The standard InChI is InChI=1S/C3H3ClN2.ClH/c4-3-1-5-2-6-3;/h1-2H,(H,5,6);1H. The molecule has 0 saturated heterocycles. The molecule has 0 aromatic carbocycles. The lowest BCUT2D eigenvalue weighted by Gasteiger charge is -1.64. The Hall–Kier alpha value is -0.210. The number of hydrogen-bond acceptors (Lipinski definition) is 1. The lowest BCUT2D eigenvalue weighted by Crippen LogP contribution is -1.49. The van der Waals surface area contributed by atoms with Crippen molar-refractivity contribution in [1.82, 2.24) is 9.97 Å². The van der Waals surface area contributed by atoms with E-state index in [0.29, 0.717) is 5.15 Å². The van der Waals surface area contributed by atoms with Crippen LogP contribution in [0.1, 0.15) is 0 Å². The van der Waals surface area contributed by atoms with Gasteiger partial charge < -0.3 is 4.98 Å². The van der Waals surface area contributed by atoms with E-state index in [4.69, 9.17) is 11.6 Å². The summed E-state index contributed by atoms with van der Waals surface area (Å²) in [4.78, 5) is 6.29. The number of halogens is 2. The number of nitrogens with zero attached hydrogens (tertiary/aromatic N) is 1. The Morgan fingerprint density at radius 3 is 2.57 bits per heavy atom. The van der Waals surface area contributed by atoms with Gasteiger partial charge in [-0.05, 0) is 0 Å². The highest BCUT2D eigenvalue weighted by atomic mass is 35.5. The van der Waals surface area contributed by atoms with Gasteiger partial charge in [0, 0.05) is 0 Å². The number of aromatic nitrogens is 2. The monoisotopic (exact) mass is 138 g/mol. The zero-order chi connectivity index (χ0) is 4.41. The zero-order valence-corrected chi connectivity index (χ0v) is 4.96. The van der Waals surface area contributed by atoms with Crippen LogP contribution in [0.25, 0.3) is 0 Å². The van der Waals surface area contributed by atoms with Gasteiger partial charge in [0.25, 0.3) is 0 Å². The lowest BCUT2D eigenvalue weighted by molar-refractivity contribution is 1.31. The molecule has 0 radical (unpaired) electrons. The average Bonchev–Trinajstić information content (AvgIpc) is 1.86. The highest BCUT2D eigenvalue weighted by molar-refractivity contribution is 6.29. The molecule has 0 amide bonds. The molecule has 40 valence electrons. The molecule has 4 heteroatoms. The summed E-state index contributed by atoms with van der Waals surface area (Å²) in [6.07, 6.45) is 3.07. The molecule has 1 aromatic heterocycles. The van der Waals surface area contributed by atoms with Crippen LogP contribution in [0.3, 0.4) is 0 Å². The third-order valence-electron chi connectivity index (χ3n) is 0.465. The highest BCUT2D eigenvalue weighted by Gasteiger charge is 1.77. The first kappa shape index (κ1) is 6.79. The Balaban J connectivity index is 0.000000360. The summed E-state index contributed by atoms with van der Waals surface area (Å²) < 4.78 is 0. The number of H-pyrrole nitrogens is 1. The van der Waals surface area contributed by atoms with Crippen molar-refractivity contribution >= 4 is 24.0 Å². The maximum atomic E-state index is 5.34. The van der Waals surface area contributed by atoms with Crippen molar-refractivity contribution in [1.29, 1.82) is 0 Å². The van der Waals surface area contributed by atoms with Crippen LogP contribution >= 0.6 is 24.0 Å². The molecule has 0 aliphatic carbocycles. The maximum Gasteiger partial charge on any atom is 0.125 e. The van der Waals surface area contributed by atoms with Crippen molar-refractivity contribution in [2.45, 2.75) is 0 Å². The molecule has 0 atom stereocenters. The molecule has 0 aliphatic rings. The quantitative estimate of drug-likeness (QED) is 0.579. The maximum absolute atomic E-state index is 5.34.